The number of benzene rings is 2. The maximum atomic E-state index is 12.8. The lowest BCUT2D eigenvalue weighted by Crippen LogP contribution is -2.27. The van der Waals surface area contributed by atoms with Gasteiger partial charge in [0, 0.05) is 11.9 Å². The van der Waals surface area contributed by atoms with Gasteiger partial charge in [-0.3, -0.25) is 4.79 Å². The number of nitrogens with zero attached hydrogens (tertiary/aromatic N) is 1. The second-order valence-electron chi connectivity index (χ2n) is 5.32. The molecule has 0 radical (unpaired) electrons. The summed E-state index contributed by atoms with van der Waals surface area (Å²) < 4.78 is 0. The minimum atomic E-state index is -0.611. The zero-order valence-corrected chi connectivity index (χ0v) is 14.6. The smallest absolute Gasteiger partial charge is 0.252 e. The van der Waals surface area contributed by atoms with Gasteiger partial charge >= 0.3 is 0 Å². The van der Waals surface area contributed by atoms with Crippen LogP contribution in [0.4, 0.5) is 11.5 Å². The van der Waals surface area contributed by atoms with Gasteiger partial charge in [0.1, 0.15) is 11.9 Å². The van der Waals surface area contributed by atoms with E-state index in [0.717, 1.165) is 5.56 Å². The third-order valence-corrected chi connectivity index (χ3v) is 4.28. The molecule has 3 aromatic rings. The van der Waals surface area contributed by atoms with Crippen LogP contribution in [0.5, 0.6) is 0 Å². The molecule has 3 rings (SSSR count). The van der Waals surface area contributed by atoms with E-state index in [1.54, 1.807) is 36.5 Å². The van der Waals surface area contributed by atoms with Crippen molar-refractivity contribution >= 4 is 40.6 Å². The van der Waals surface area contributed by atoms with E-state index in [0.29, 0.717) is 21.6 Å². The van der Waals surface area contributed by atoms with Crippen LogP contribution in [0.25, 0.3) is 0 Å². The molecular weight excluding hydrogens is 357 g/mol. The third-order valence-electron chi connectivity index (χ3n) is 3.54. The Bertz CT molecular complexity index is 857. The lowest BCUT2D eigenvalue weighted by Gasteiger charge is -2.20. The molecule has 2 aromatic carbocycles. The van der Waals surface area contributed by atoms with E-state index in [9.17, 15) is 4.79 Å². The Kier molecular flexibility index (Phi) is 5.53. The molecular formula is C19H15Cl2N3O. The molecule has 1 amide bonds. The summed E-state index contributed by atoms with van der Waals surface area (Å²) in [6.07, 6.45) is 1.62. The number of rotatable bonds is 5. The minimum absolute atomic E-state index is 0.226. The van der Waals surface area contributed by atoms with Crippen LogP contribution < -0.4 is 10.6 Å². The number of nitrogens with one attached hydrogen (secondary N) is 2. The van der Waals surface area contributed by atoms with Crippen molar-refractivity contribution in [2.45, 2.75) is 6.04 Å². The molecule has 6 heteroatoms. The Morgan fingerprint density at radius 3 is 2.36 bits per heavy atom. The van der Waals surface area contributed by atoms with Crippen LogP contribution in [-0.2, 0) is 4.79 Å². The van der Waals surface area contributed by atoms with Crippen LogP contribution in [0.3, 0.4) is 0 Å². The molecule has 2 N–H and O–H groups in total. The topological polar surface area (TPSA) is 54.0 Å². The number of pyridine rings is 1. The quantitative estimate of drug-likeness (QED) is 0.649. The van der Waals surface area contributed by atoms with Gasteiger partial charge < -0.3 is 10.6 Å². The van der Waals surface area contributed by atoms with Crippen LogP contribution in [0.2, 0.25) is 10.0 Å². The molecule has 0 saturated carbocycles. The monoisotopic (exact) mass is 371 g/mol. The van der Waals surface area contributed by atoms with Crippen molar-refractivity contribution in [3.8, 4) is 0 Å². The molecule has 1 aromatic heterocycles. The largest absolute Gasteiger partial charge is 0.370 e. The first-order chi connectivity index (χ1) is 12.1. The van der Waals surface area contributed by atoms with E-state index in [1.165, 1.54) is 0 Å². The van der Waals surface area contributed by atoms with E-state index in [2.05, 4.69) is 15.6 Å². The predicted octanol–water partition coefficient (Wildman–Crippen LogP) is 5.18. The Balaban J connectivity index is 1.87. The first-order valence-corrected chi connectivity index (χ1v) is 8.37. The van der Waals surface area contributed by atoms with Gasteiger partial charge in [-0.2, -0.15) is 0 Å². The molecule has 1 unspecified atom stereocenters. The van der Waals surface area contributed by atoms with Gasteiger partial charge in [-0.05, 0) is 35.9 Å². The van der Waals surface area contributed by atoms with Crippen molar-refractivity contribution in [2.75, 3.05) is 10.6 Å². The van der Waals surface area contributed by atoms with Crippen LogP contribution in [0, 0.1) is 0 Å². The third kappa shape index (κ3) is 4.50. The number of hydrogen-bond acceptors (Lipinski definition) is 3. The molecule has 0 aliphatic rings. The number of halogens is 2. The first kappa shape index (κ1) is 17.3. The lowest BCUT2D eigenvalue weighted by atomic mass is 10.1. The summed E-state index contributed by atoms with van der Waals surface area (Å²) in [7, 11) is 0. The number of amides is 1. The molecule has 25 heavy (non-hydrogen) atoms. The number of carbonyl (C=O) groups excluding carboxylic acids is 1. The van der Waals surface area contributed by atoms with Gasteiger partial charge in [0.25, 0.3) is 5.91 Å². The van der Waals surface area contributed by atoms with Crippen LogP contribution >= 0.6 is 23.2 Å². The number of hydrogen-bond donors (Lipinski definition) is 2. The zero-order chi connectivity index (χ0) is 17.6. The molecule has 126 valence electrons. The van der Waals surface area contributed by atoms with Crippen molar-refractivity contribution in [2.24, 2.45) is 0 Å². The van der Waals surface area contributed by atoms with E-state index in [4.69, 9.17) is 23.2 Å². The predicted molar refractivity (Wildman–Crippen MR) is 102 cm³/mol. The van der Waals surface area contributed by atoms with Gasteiger partial charge in [-0.1, -0.05) is 59.6 Å². The second kappa shape index (κ2) is 8.01. The summed E-state index contributed by atoms with van der Waals surface area (Å²) in [5.74, 6) is 0.264. The highest BCUT2D eigenvalue weighted by molar-refractivity contribution is 6.42. The van der Waals surface area contributed by atoms with Crippen molar-refractivity contribution < 1.29 is 4.79 Å². The summed E-state index contributed by atoms with van der Waals surface area (Å²) in [6, 6.07) is 19.3. The van der Waals surface area contributed by atoms with E-state index in [-0.39, 0.29) is 5.91 Å². The van der Waals surface area contributed by atoms with Crippen LogP contribution in [-0.4, -0.2) is 10.9 Å². The highest BCUT2D eigenvalue weighted by Crippen LogP contribution is 2.28. The van der Waals surface area contributed by atoms with Gasteiger partial charge in [0.2, 0.25) is 0 Å². The minimum Gasteiger partial charge on any atom is -0.370 e. The molecule has 4 nitrogen and oxygen atoms in total. The highest BCUT2D eigenvalue weighted by Gasteiger charge is 2.21. The fraction of sp³-hybridized carbons (Fsp3) is 0.0526. The summed E-state index contributed by atoms with van der Waals surface area (Å²) >= 11 is 12.0. The van der Waals surface area contributed by atoms with Crippen molar-refractivity contribution in [1.29, 1.82) is 0 Å². The van der Waals surface area contributed by atoms with Gasteiger partial charge in [-0.25, -0.2) is 4.98 Å². The second-order valence-corrected chi connectivity index (χ2v) is 6.14. The van der Waals surface area contributed by atoms with Crippen LogP contribution in [0.1, 0.15) is 11.6 Å². The van der Waals surface area contributed by atoms with Crippen molar-refractivity contribution in [3.63, 3.8) is 0 Å². The summed E-state index contributed by atoms with van der Waals surface area (Å²) in [5, 5.41) is 6.90. The summed E-state index contributed by atoms with van der Waals surface area (Å²) in [6.45, 7) is 0. The number of carbonyl (C=O) groups is 1. The Hall–Kier alpha value is -2.56. The molecule has 0 aliphatic carbocycles. The van der Waals surface area contributed by atoms with E-state index in [1.807, 2.05) is 36.4 Å². The van der Waals surface area contributed by atoms with Gasteiger partial charge in [-0.15, -0.1) is 0 Å². The molecule has 1 atom stereocenters. The average molecular weight is 372 g/mol. The van der Waals surface area contributed by atoms with Crippen molar-refractivity contribution in [3.05, 3.63) is 88.5 Å². The molecule has 1 heterocycles. The van der Waals surface area contributed by atoms with Gasteiger partial charge in [0.05, 0.1) is 10.0 Å². The SMILES string of the molecule is O=C(Nc1ccccn1)C(Nc1ccc(Cl)c(Cl)c1)c1ccccc1. The number of aromatic nitrogens is 1. The molecule has 0 bridgehead atoms. The van der Waals surface area contributed by atoms with Crippen molar-refractivity contribution in [1.82, 2.24) is 4.98 Å². The van der Waals surface area contributed by atoms with Gasteiger partial charge in [0.15, 0.2) is 0 Å². The molecule has 0 aliphatic heterocycles. The fourth-order valence-electron chi connectivity index (χ4n) is 2.33. The van der Waals surface area contributed by atoms with E-state index < -0.39 is 6.04 Å². The number of anilines is 2. The first-order valence-electron chi connectivity index (χ1n) is 7.62. The zero-order valence-electron chi connectivity index (χ0n) is 13.1. The highest BCUT2D eigenvalue weighted by atomic mass is 35.5. The Morgan fingerprint density at radius 2 is 1.68 bits per heavy atom. The Labute approximate surface area is 155 Å². The summed E-state index contributed by atoms with van der Waals surface area (Å²) in [5.41, 5.74) is 1.52. The fourth-order valence-corrected chi connectivity index (χ4v) is 2.63. The lowest BCUT2D eigenvalue weighted by molar-refractivity contribution is -0.117. The Morgan fingerprint density at radius 1 is 0.920 bits per heavy atom. The normalized spacial score (nSPS) is 11.6. The van der Waals surface area contributed by atoms with E-state index >= 15 is 0 Å². The summed E-state index contributed by atoms with van der Waals surface area (Å²) in [4.78, 5) is 16.9. The average Bonchev–Trinajstić information content (AvgIpc) is 2.64. The standard InChI is InChI=1S/C19H15Cl2N3O/c20-15-10-9-14(12-16(15)21)23-18(13-6-2-1-3-7-13)19(25)24-17-8-4-5-11-22-17/h1-12,18,23H,(H,22,24,25). The maximum Gasteiger partial charge on any atom is 0.252 e. The molecule has 0 saturated heterocycles. The van der Waals surface area contributed by atoms with Crippen LogP contribution in [0.15, 0.2) is 72.9 Å². The molecule has 0 spiro atoms. The molecule has 0 fully saturated rings. The maximum absolute atomic E-state index is 12.8.